The topological polar surface area (TPSA) is 80.7 Å². The van der Waals surface area contributed by atoms with E-state index < -0.39 is 26.7 Å². The Bertz CT molecular complexity index is 566. The van der Waals surface area contributed by atoms with Crippen molar-refractivity contribution in [3.8, 4) is 0 Å². The third-order valence-electron chi connectivity index (χ3n) is 3.57. The first kappa shape index (κ1) is 14.0. The van der Waals surface area contributed by atoms with Gasteiger partial charge in [-0.1, -0.05) is 18.2 Å². The van der Waals surface area contributed by atoms with Crippen LogP contribution in [0.3, 0.4) is 0 Å². The number of ether oxygens (including phenoxy) is 1. The minimum absolute atomic E-state index is 0.0782. The van der Waals surface area contributed by atoms with Gasteiger partial charge in [0, 0.05) is 6.42 Å². The maximum atomic E-state index is 12.7. The molecule has 2 atom stereocenters. The fourth-order valence-corrected chi connectivity index (χ4v) is 4.60. The summed E-state index contributed by atoms with van der Waals surface area (Å²) in [4.78, 5) is 12.1. The zero-order valence-corrected chi connectivity index (χ0v) is 11.4. The van der Waals surface area contributed by atoms with Crippen LogP contribution in [0.25, 0.3) is 0 Å². The molecule has 2 rings (SSSR count). The number of hydrogen-bond donors (Lipinski definition) is 1. The average Bonchev–Trinajstić information content (AvgIpc) is 2.83. The molecule has 0 aromatic heterocycles. The van der Waals surface area contributed by atoms with Crippen molar-refractivity contribution in [1.29, 1.82) is 0 Å². The monoisotopic (exact) mass is 284 g/mol. The molecule has 1 saturated carbocycles. The van der Waals surface area contributed by atoms with Gasteiger partial charge >= 0.3 is 5.97 Å². The van der Waals surface area contributed by atoms with Crippen molar-refractivity contribution < 1.29 is 23.1 Å². The number of rotatable bonds is 3. The Kier molecular flexibility index (Phi) is 3.64. The van der Waals surface area contributed by atoms with Gasteiger partial charge in [0.05, 0.1) is 18.1 Å². The molecule has 1 aromatic rings. The van der Waals surface area contributed by atoms with Crippen molar-refractivity contribution in [1.82, 2.24) is 0 Å². The van der Waals surface area contributed by atoms with Crippen LogP contribution >= 0.6 is 0 Å². The zero-order chi connectivity index (χ0) is 14.1. The molecule has 0 radical (unpaired) electrons. The van der Waals surface area contributed by atoms with Gasteiger partial charge in [0.25, 0.3) is 0 Å². The van der Waals surface area contributed by atoms with E-state index in [0.717, 1.165) is 7.11 Å². The maximum Gasteiger partial charge on any atom is 0.327 e. The van der Waals surface area contributed by atoms with Crippen LogP contribution in [-0.2, 0) is 19.4 Å². The molecule has 0 saturated heterocycles. The van der Waals surface area contributed by atoms with Crippen LogP contribution in [0.5, 0.6) is 0 Å². The molecule has 0 aliphatic heterocycles. The van der Waals surface area contributed by atoms with E-state index in [1.807, 2.05) is 0 Å². The van der Waals surface area contributed by atoms with Gasteiger partial charge in [0.1, 0.15) is 0 Å². The van der Waals surface area contributed by atoms with E-state index in [1.54, 1.807) is 18.2 Å². The molecule has 0 bridgehead atoms. The molecule has 2 unspecified atom stereocenters. The Labute approximate surface area is 112 Å². The lowest BCUT2D eigenvalue weighted by Crippen LogP contribution is -2.45. The highest BCUT2D eigenvalue weighted by Gasteiger charge is 2.56. The second-order valence-corrected chi connectivity index (χ2v) is 6.96. The Morgan fingerprint density at radius 3 is 2.47 bits per heavy atom. The number of aliphatic hydroxyl groups is 1. The number of aliphatic hydroxyl groups excluding tert-OH is 1. The minimum atomic E-state index is -3.88. The lowest BCUT2D eigenvalue weighted by atomic mass is 10.1. The second kappa shape index (κ2) is 4.94. The summed E-state index contributed by atoms with van der Waals surface area (Å²) in [6.07, 6.45) is -0.548. The number of hydrogen-bond acceptors (Lipinski definition) is 5. The Morgan fingerprint density at radius 1 is 1.37 bits per heavy atom. The van der Waals surface area contributed by atoms with Crippen LogP contribution in [-0.4, -0.2) is 37.5 Å². The quantitative estimate of drug-likeness (QED) is 0.835. The van der Waals surface area contributed by atoms with Gasteiger partial charge < -0.3 is 9.84 Å². The molecule has 1 aliphatic carbocycles. The van der Waals surface area contributed by atoms with Gasteiger partial charge in [0.15, 0.2) is 14.6 Å². The van der Waals surface area contributed by atoms with E-state index in [9.17, 15) is 18.3 Å². The molecular formula is C13H16O5S. The smallest absolute Gasteiger partial charge is 0.327 e. The molecule has 0 spiro atoms. The first-order valence-electron chi connectivity index (χ1n) is 6.00. The van der Waals surface area contributed by atoms with Gasteiger partial charge in [0.2, 0.25) is 0 Å². The normalized spacial score (nSPS) is 27.2. The highest BCUT2D eigenvalue weighted by molar-refractivity contribution is 7.93. The van der Waals surface area contributed by atoms with Crippen LogP contribution in [0.15, 0.2) is 35.2 Å². The first-order chi connectivity index (χ1) is 8.94. The molecule has 1 aromatic carbocycles. The molecule has 1 aliphatic rings. The molecule has 104 valence electrons. The summed E-state index contributed by atoms with van der Waals surface area (Å²) in [5.41, 5.74) is 0. The number of carbonyl (C=O) groups excluding carboxylic acids is 1. The highest BCUT2D eigenvalue weighted by Crippen LogP contribution is 2.41. The van der Waals surface area contributed by atoms with E-state index in [4.69, 9.17) is 0 Å². The van der Waals surface area contributed by atoms with E-state index in [0.29, 0.717) is 0 Å². The summed E-state index contributed by atoms with van der Waals surface area (Å²) in [5, 5.41) is 9.65. The largest absolute Gasteiger partial charge is 0.468 e. The maximum absolute atomic E-state index is 12.7. The predicted molar refractivity (Wildman–Crippen MR) is 68.2 cm³/mol. The average molecular weight is 284 g/mol. The third-order valence-corrected chi connectivity index (χ3v) is 6.03. The molecule has 0 amide bonds. The highest BCUT2D eigenvalue weighted by atomic mass is 32.2. The van der Waals surface area contributed by atoms with Gasteiger partial charge in [-0.2, -0.15) is 0 Å². The third kappa shape index (κ3) is 2.15. The Morgan fingerprint density at radius 2 is 2.00 bits per heavy atom. The Hall–Kier alpha value is -1.40. The number of benzene rings is 1. The molecule has 1 fully saturated rings. The van der Waals surface area contributed by atoms with Crippen LogP contribution < -0.4 is 0 Å². The van der Waals surface area contributed by atoms with E-state index in [2.05, 4.69) is 4.74 Å². The minimum Gasteiger partial charge on any atom is -0.468 e. The number of carbonyl (C=O) groups is 1. The molecular weight excluding hydrogens is 268 g/mol. The van der Waals surface area contributed by atoms with Crippen molar-refractivity contribution in [3.63, 3.8) is 0 Å². The molecule has 0 heterocycles. The first-order valence-corrected chi connectivity index (χ1v) is 7.48. The fraction of sp³-hybridized carbons (Fsp3) is 0.462. The molecule has 6 heteroatoms. The van der Waals surface area contributed by atoms with E-state index >= 15 is 0 Å². The SMILES string of the molecule is COC(=O)C1(S(=O)(=O)c2ccccc2)CCC(O)C1. The summed E-state index contributed by atoms with van der Waals surface area (Å²) in [7, 11) is -2.72. The van der Waals surface area contributed by atoms with Crippen LogP contribution in [0.4, 0.5) is 0 Å². The van der Waals surface area contributed by atoms with Crippen LogP contribution in [0.2, 0.25) is 0 Å². The van der Waals surface area contributed by atoms with Crippen molar-refractivity contribution in [3.05, 3.63) is 30.3 Å². The van der Waals surface area contributed by atoms with Crippen LogP contribution in [0, 0.1) is 0 Å². The van der Waals surface area contributed by atoms with Crippen molar-refractivity contribution in [2.45, 2.75) is 35.0 Å². The zero-order valence-electron chi connectivity index (χ0n) is 10.6. The number of esters is 1. The summed E-state index contributed by atoms with van der Waals surface area (Å²) >= 11 is 0. The predicted octanol–water partition coefficient (Wildman–Crippen LogP) is 0.917. The molecule has 1 N–H and O–H groups in total. The van der Waals surface area contributed by atoms with Crippen molar-refractivity contribution >= 4 is 15.8 Å². The van der Waals surface area contributed by atoms with Crippen molar-refractivity contribution in [2.24, 2.45) is 0 Å². The fourth-order valence-electron chi connectivity index (χ4n) is 2.53. The number of methoxy groups -OCH3 is 1. The summed E-state index contributed by atoms with van der Waals surface area (Å²) < 4.78 is 28.4. The Balaban J connectivity index is 2.54. The lowest BCUT2D eigenvalue weighted by Gasteiger charge is -2.25. The van der Waals surface area contributed by atoms with Gasteiger partial charge in [-0.25, -0.2) is 8.42 Å². The summed E-state index contributed by atoms with van der Waals surface area (Å²) in [5.74, 6) is -0.798. The summed E-state index contributed by atoms with van der Waals surface area (Å²) in [6.45, 7) is 0. The van der Waals surface area contributed by atoms with Gasteiger partial charge in [-0.3, -0.25) is 4.79 Å². The second-order valence-electron chi connectivity index (χ2n) is 4.70. The summed E-state index contributed by atoms with van der Waals surface area (Å²) in [6, 6.07) is 7.80. The number of sulfone groups is 1. The lowest BCUT2D eigenvalue weighted by molar-refractivity contribution is -0.143. The molecule has 19 heavy (non-hydrogen) atoms. The van der Waals surface area contributed by atoms with Gasteiger partial charge in [-0.15, -0.1) is 0 Å². The van der Waals surface area contributed by atoms with Crippen molar-refractivity contribution in [2.75, 3.05) is 7.11 Å². The van der Waals surface area contributed by atoms with E-state index in [1.165, 1.54) is 12.1 Å². The van der Waals surface area contributed by atoms with Crippen LogP contribution in [0.1, 0.15) is 19.3 Å². The molecule has 5 nitrogen and oxygen atoms in total. The van der Waals surface area contributed by atoms with Gasteiger partial charge in [-0.05, 0) is 25.0 Å². The standard InChI is InChI=1S/C13H16O5S/c1-18-12(15)13(8-7-10(14)9-13)19(16,17)11-5-3-2-4-6-11/h2-6,10,14H,7-9H2,1H3. The van der Waals surface area contributed by atoms with E-state index in [-0.39, 0.29) is 24.2 Å².